The first kappa shape index (κ1) is 50.2. The lowest BCUT2D eigenvalue weighted by Crippen LogP contribution is -2.61. The molecule has 2 heterocycles. The summed E-state index contributed by atoms with van der Waals surface area (Å²) in [6.45, 7) is 25.6. The number of nitrogens with zero attached hydrogens (tertiary/aromatic N) is 3. The van der Waals surface area contributed by atoms with Crippen molar-refractivity contribution < 1.29 is 0 Å². The number of hydrogen-bond acceptors (Lipinski definition) is 3. The highest BCUT2D eigenvalue weighted by atomic mass is 15.2. The zero-order chi connectivity index (χ0) is 54.8. The first-order valence-corrected chi connectivity index (χ1v) is 28.4. The van der Waals surface area contributed by atoms with Crippen molar-refractivity contribution >= 4 is 74.3 Å². The number of rotatable bonds is 7. The zero-order valence-electron chi connectivity index (χ0n) is 47.8. The Morgan fingerprint density at radius 3 is 1.41 bits per heavy atom. The van der Waals surface area contributed by atoms with Crippen LogP contribution in [0.2, 0.25) is 0 Å². The topological polar surface area (TPSA) is 9.72 Å². The predicted octanol–water partition coefficient (Wildman–Crippen LogP) is 18.8. The van der Waals surface area contributed by atoms with E-state index in [4.69, 9.17) is 0 Å². The molecule has 0 saturated carbocycles. The fourth-order valence-corrected chi connectivity index (χ4v) is 12.9. The third-order valence-electron chi connectivity index (χ3n) is 17.3. The summed E-state index contributed by atoms with van der Waals surface area (Å²) >= 11 is 0. The third-order valence-corrected chi connectivity index (χ3v) is 17.3. The van der Waals surface area contributed by atoms with E-state index in [1.54, 1.807) is 0 Å². The SMILES string of the molecule is CC(C)(C)c1ccc(N(c2ccc(C(C)(C)C)cc2)c2ccc3c(c2)N(c2ccc4c(c2)C(C)(C)c2ccccc2-4)c2cc(C(C)(C)C)cc4c2B3c2cc(-c3ccccc3)ccc2N4c2ccc(-c3ccccc3)cc2)cc1. The Hall–Kier alpha value is -8.34. The lowest BCUT2D eigenvalue weighted by Gasteiger charge is -2.45. The molecule has 3 aliphatic rings. The van der Waals surface area contributed by atoms with Crippen molar-refractivity contribution in [3.8, 4) is 33.4 Å². The van der Waals surface area contributed by atoms with Crippen LogP contribution in [-0.2, 0) is 21.7 Å². The van der Waals surface area contributed by atoms with Gasteiger partial charge in [0.25, 0.3) is 6.71 Å². The van der Waals surface area contributed by atoms with E-state index in [2.05, 4.69) is 315 Å². The average Bonchev–Trinajstić information content (AvgIpc) is 3.17. The Labute approximate surface area is 470 Å². The number of hydrogen-bond donors (Lipinski definition) is 0. The van der Waals surface area contributed by atoms with Crippen LogP contribution in [0.25, 0.3) is 33.4 Å². The van der Waals surface area contributed by atoms with Crippen molar-refractivity contribution in [3.63, 3.8) is 0 Å². The van der Waals surface area contributed by atoms with E-state index in [1.165, 1.54) is 100 Å². The molecule has 10 aromatic carbocycles. The molecule has 3 nitrogen and oxygen atoms in total. The second-order valence-electron chi connectivity index (χ2n) is 25.9. The Kier molecular flexibility index (Phi) is 11.7. The van der Waals surface area contributed by atoms with Gasteiger partial charge in [-0.2, -0.15) is 0 Å². The van der Waals surface area contributed by atoms with Crippen molar-refractivity contribution in [1.82, 2.24) is 0 Å². The van der Waals surface area contributed by atoms with E-state index in [1.807, 2.05) is 0 Å². The lowest BCUT2D eigenvalue weighted by atomic mass is 9.33. The monoisotopic (exact) mass is 1020 g/mol. The summed E-state index contributed by atoms with van der Waals surface area (Å²) in [6.07, 6.45) is 0. The molecule has 4 heteroatoms. The highest BCUT2D eigenvalue weighted by Gasteiger charge is 2.45. The molecule has 79 heavy (non-hydrogen) atoms. The van der Waals surface area contributed by atoms with Gasteiger partial charge in [-0.05, 0) is 173 Å². The summed E-state index contributed by atoms with van der Waals surface area (Å²) in [6, 6.07) is 85.3. The molecule has 1 aliphatic carbocycles. The quantitative estimate of drug-likeness (QED) is 0.147. The van der Waals surface area contributed by atoms with E-state index in [-0.39, 0.29) is 28.4 Å². The zero-order valence-corrected chi connectivity index (χ0v) is 47.8. The van der Waals surface area contributed by atoms with Crippen LogP contribution in [0, 0.1) is 0 Å². The van der Waals surface area contributed by atoms with Crippen LogP contribution in [0.5, 0.6) is 0 Å². The van der Waals surface area contributed by atoms with Gasteiger partial charge in [-0.3, -0.25) is 0 Å². The summed E-state index contributed by atoms with van der Waals surface area (Å²) in [5.41, 5.74) is 28.1. The maximum atomic E-state index is 2.63. The average molecular weight is 1020 g/mol. The molecule has 0 spiro atoms. The minimum atomic E-state index is -0.192. The minimum absolute atomic E-state index is 0.0197. The van der Waals surface area contributed by atoms with Gasteiger partial charge in [0.1, 0.15) is 0 Å². The Morgan fingerprint density at radius 1 is 0.342 bits per heavy atom. The van der Waals surface area contributed by atoms with Gasteiger partial charge in [0, 0.05) is 56.6 Å². The standard InChI is InChI=1S/C75H70BN3/c1-72(2,3)53-29-35-56(36-30-53)77(57-37-31-54(32-38-57)73(4,5)6)60-40-42-65-68(48-60)79(59-39-41-62-61-24-18-19-25-63(61)75(10,11)64(62)47-59)70-46-55(74(7,8)9)45-69-71(70)76(65)66-44-52(50-22-16-13-17-23-50)28-43-67(66)78(69)58-33-26-51(27-34-58)49-20-14-12-15-21-49/h12-48H,1-11H3. The summed E-state index contributed by atoms with van der Waals surface area (Å²) in [7, 11) is 0. The van der Waals surface area contributed by atoms with Crippen molar-refractivity contribution in [2.24, 2.45) is 0 Å². The molecule has 0 amide bonds. The molecule has 0 unspecified atom stereocenters. The molecule has 0 bridgehead atoms. The van der Waals surface area contributed by atoms with Crippen LogP contribution >= 0.6 is 0 Å². The molecule has 0 N–H and O–H groups in total. The Morgan fingerprint density at radius 2 is 0.823 bits per heavy atom. The Balaban J connectivity index is 1.10. The fraction of sp³-hybridized carbons (Fsp3) is 0.200. The second-order valence-corrected chi connectivity index (χ2v) is 25.9. The molecular weight excluding hydrogens is 954 g/mol. The molecule has 388 valence electrons. The van der Waals surface area contributed by atoms with Crippen LogP contribution in [-0.4, -0.2) is 6.71 Å². The summed E-state index contributed by atoms with van der Waals surface area (Å²) in [4.78, 5) is 7.66. The Bertz CT molecular complexity index is 3910. The molecule has 0 saturated heterocycles. The van der Waals surface area contributed by atoms with Crippen molar-refractivity contribution in [2.75, 3.05) is 14.7 Å². The van der Waals surface area contributed by atoms with E-state index in [0.29, 0.717) is 0 Å². The van der Waals surface area contributed by atoms with E-state index in [9.17, 15) is 0 Å². The highest BCUT2D eigenvalue weighted by molar-refractivity contribution is 7.00. The van der Waals surface area contributed by atoms with Crippen molar-refractivity contribution in [1.29, 1.82) is 0 Å². The van der Waals surface area contributed by atoms with Crippen LogP contribution in [0.1, 0.15) is 104 Å². The first-order valence-electron chi connectivity index (χ1n) is 28.4. The molecule has 0 radical (unpaired) electrons. The minimum Gasteiger partial charge on any atom is -0.311 e. The number of benzene rings is 10. The van der Waals surface area contributed by atoms with Gasteiger partial charge >= 0.3 is 0 Å². The smallest absolute Gasteiger partial charge is 0.252 e. The van der Waals surface area contributed by atoms with E-state index >= 15 is 0 Å². The summed E-state index contributed by atoms with van der Waals surface area (Å²) in [5, 5.41) is 0. The molecule has 2 aliphatic heterocycles. The molecule has 0 aromatic heterocycles. The van der Waals surface area contributed by atoms with E-state index in [0.717, 1.165) is 28.4 Å². The maximum Gasteiger partial charge on any atom is 0.252 e. The largest absolute Gasteiger partial charge is 0.311 e. The maximum absolute atomic E-state index is 2.63. The molecule has 13 rings (SSSR count). The summed E-state index contributed by atoms with van der Waals surface area (Å²) < 4.78 is 0. The molecular formula is C75H70BN3. The second kappa shape index (κ2) is 18.4. The van der Waals surface area contributed by atoms with Crippen LogP contribution in [0.3, 0.4) is 0 Å². The van der Waals surface area contributed by atoms with Crippen LogP contribution in [0.15, 0.2) is 224 Å². The van der Waals surface area contributed by atoms with Gasteiger partial charge in [0.15, 0.2) is 0 Å². The van der Waals surface area contributed by atoms with Crippen molar-refractivity contribution in [3.05, 3.63) is 252 Å². The van der Waals surface area contributed by atoms with Crippen LogP contribution < -0.4 is 31.1 Å². The number of anilines is 9. The fourth-order valence-electron chi connectivity index (χ4n) is 12.9. The van der Waals surface area contributed by atoms with Gasteiger partial charge in [-0.1, -0.05) is 222 Å². The number of fused-ring (bicyclic) bond motifs is 7. The van der Waals surface area contributed by atoms with Crippen molar-refractivity contribution in [2.45, 2.75) is 97.8 Å². The molecule has 10 aromatic rings. The summed E-state index contributed by atoms with van der Waals surface area (Å²) in [5.74, 6) is 0. The first-order chi connectivity index (χ1) is 37.8. The van der Waals surface area contributed by atoms with Gasteiger partial charge < -0.3 is 14.7 Å². The van der Waals surface area contributed by atoms with Gasteiger partial charge in [0.2, 0.25) is 0 Å². The van der Waals surface area contributed by atoms with Crippen LogP contribution in [0.4, 0.5) is 51.2 Å². The highest BCUT2D eigenvalue weighted by Crippen LogP contribution is 2.53. The van der Waals surface area contributed by atoms with Gasteiger partial charge in [-0.15, -0.1) is 0 Å². The van der Waals surface area contributed by atoms with E-state index < -0.39 is 0 Å². The van der Waals surface area contributed by atoms with Gasteiger partial charge in [-0.25, -0.2) is 0 Å². The molecule has 0 atom stereocenters. The molecule has 0 fully saturated rings. The lowest BCUT2D eigenvalue weighted by molar-refractivity contribution is 0.590. The van der Waals surface area contributed by atoms with Gasteiger partial charge in [0.05, 0.1) is 0 Å². The third kappa shape index (κ3) is 8.50. The predicted molar refractivity (Wildman–Crippen MR) is 340 cm³/mol. The normalized spacial score (nSPS) is 14.0.